The van der Waals surface area contributed by atoms with Crippen LogP contribution in [0.4, 0.5) is 0 Å². The van der Waals surface area contributed by atoms with Gasteiger partial charge in [0.1, 0.15) is 0 Å². The minimum absolute atomic E-state index is 0.0351. The van der Waals surface area contributed by atoms with Crippen LogP contribution in [0, 0.1) is 5.92 Å². The van der Waals surface area contributed by atoms with Crippen LogP contribution in [-0.2, 0) is 21.9 Å². The number of aliphatic hydroxyl groups is 1. The predicted molar refractivity (Wildman–Crippen MR) is 99.1 cm³/mol. The lowest BCUT2D eigenvalue weighted by atomic mass is 9.89. The van der Waals surface area contributed by atoms with Crippen LogP contribution in [0.25, 0.3) is 0 Å². The molecule has 1 N–H and O–H groups in total. The Labute approximate surface area is 150 Å². The minimum atomic E-state index is -0.953. The summed E-state index contributed by atoms with van der Waals surface area (Å²) in [5.74, 6) is -0.482. The highest BCUT2D eigenvalue weighted by molar-refractivity contribution is 5.39. The number of hydrogen-bond acceptors (Lipinski definition) is 3. The van der Waals surface area contributed by atoms with Crippen molar-refractivity contribution in [3.05, 3.63) is 71.3 Å². The van der Waals surface area contributed by atoms with Crippen LogP contribution >= 0.6 is 0 Å². The first kappa shape index (κ1) is 18.1. The summed E-state index contributed by atoms with van der Waals surface area (Å²) in [4.78, 5) is 0. The van der Waals surface area contributed by atoms with Crippen LogP contribution in [0.15, 0.2) is 54.6 Å². The second-order valence-corrected chi connectivity index (χ2v) is 6.86. The summed E-state index contributed by atoms with van der Waals surface area (Å²) < 4.78 is 13.0. The first-order valence-electron chi connectivity index (χ1n) is 9.27. The second-order valence-electron chi connectivity index (χ2n) is 6.86. The van der Waals surface area contributed by atoms with E-state index in [4.69, 9.17) is 9.47 Å². The molecule has 3 rings (SSSR count). The quantitative estimate of drug-likeness (QED) is 0.834. The van der Waals surface area contributed by atoms with Gasteiger partial charge in [0, 0.05) is 11.1 Å². The third-order valence-electron chi connectivity index (χ3n) is 5.10. The summed E-state index contributed by atoms with van der Waals surface area (Å²) in [7, 11) is 0. The molecule has 0 aromatic heterocycles. The molecule has 25 heavy (non-hydrogen) atoms. The van der Waals surface area contributed by atoms with E-state index in [2.05, 4.69) is 13.8 Å². The van der Waals surface area contributed by atoms with Gasteiger partial charge in [-0.2, -0.15) is 0 Å². The van der Waals surface area contributed by atoms with Crippen molar-refractivity contribution in [3.63, 3.8) is 0 Å². The predicted octanol–water partition coefficient (Wildman–Crippen LogP) is 4.62. The highest BCUT2D eigenvalue weighted by Gasteiger charge is 2.44. The molecule has 2 aromatic carbocycles. The van der Waals surface area contributed by atoms with Gasteiger partial charge in [0.15, 0.2) is 0 Å². The standard InChI is InChI=1S/C22H28O3/c1-3-9-17(2)21-14-15-24-22(25-21,19-11-5-4-6-12-19)20-13-8-7-10-18(20)16-23/h4-8,10-13,17,21,23H,3,9,14-16H2,1-2H3. The Morgan fingerprint density at radius 2 is 1.84 bits per heavy atom. The number of ether oxygens (including phenoxy) is 2. The fourth-order valence-electron chi connectivity index (χ4n) is 3.75. The zero-order chi connectivity index (χ0) is 17.7. The van der Waals surface area contributed by atoms with Gasteiger partial charge in [-0.1, -0.05) is 74.9 Å². The van der Waals surface area contributed by atoms with E-state index in [1.807, 2.05) is 54.6 Å². The summed E-state index contributed by atoms with van der Waals surface area (Å²) in [6, 6.07) is 17.9. The van der Waals surface area contributed by atoms with Gasteiger partial charge in [-0.3, -0.25) is 0 Å². The zero-order valence-electron chi connectivity index (χ0n) is 15.2. The Morgan fingerprint density at radius 1 is 1.12 bits per heavy atom. The van der Waals surface area contributed by atoms with E-state index in [1.54, 1.807) is 0 Å². The normalized spacial score (nSPS) is 24.8. The van der Waals surface area contributed by atoms with Gasteiger partial charge in [0.25, 0.3) is 0 Å². The van der Waals surface area contributed by atoms with Gasteiger partial charge in [-0.25, -0.2) is 0 Å². The van der Waals surface area contributed by atoms with E-state index in [9.17, 15) is 5.11 Å². The maximum Gasteiger partial charge on any atom is 0.222 e. The van der Waals surface area contributed by atoms with E-state index in [-0.39, 0.29) is 12.7 Å². The highest BCUT2D eigenvalue weighted by Crippen LogP contribution is 2.42. The molecule has 3 atom stereocenters. The molecule has 0 spiro atoms. The second kappa shape index (κ2) is 8.13. The highest BCUT2D eigenvalue weighted by atomic mass is 16.7. The van der Waals surface area contributed by atoms with E-state index >= 15 is 0 Å². The van der Waals surface area contributed by atoms with Gasteiger partial charge in [0.05, 0.1) is 19.3 Å². The number of aliphatic hydroxyl groups excluding tert-OH is 1. The van der Waals surface area contributed by atoms with E-state index in [0.717, 1.165) is 36.0 Å². The Morgan fingerprint density at radius 3 is 2.56 bits per heavy atom. The SMILES string of the molecule is CCCC(C)C1CCOC(c2ccccc2)(c2ccccc2CO)O1. The molecule has 1 fully saturated rings. The summed E-state index contributed by atoms with van der Waals surface area (Å²) in [6.45, 7) is 5.08. The van der Waals surface area contributed by atoms with Gasteiger partial charge in [-0.15, -0.1) is 0 Å². The molecule has 0 aliphatic carbocycles. The number of benzene rings is 2. The Balaban J connectivity index is 2.07. The minimum Gasteiger partial charge on any atom is -0.392 e. The van der Waals surface area contributed by atoms with Gasteiger partial charge in [-0.05, 0) is 24.3 Å². The van der Waals surface area contributed by atoms with Crippen molar-refractivity contribution >= 4 is 0 Å². The van der Waals surface area contributed by atoms with Crippen molar-refractivity contribution in [2.75, 3.05) is 6.61 Å². The van der Waals surface area contributed by atoms with Gasteiger partial charge >= 0.3 is 0 Å². The Bertz CT molecular complexity index is 670. The molecule has 3 nitrogen and oxygen atoms in total. The van der Waals surface area contributed by atoms with Crippen LogP contribution in [0.3, 0.4) is 0 Å². The molecule has 1 saturated heterocycles. The Kier molecular flexibility index (Phi) is 5.89. The maximum atomic E-state index is 9.86. The molecular weight excluding hydrogens is 312 g/mol. The molecule has 2 aromatic rings. The van der Waals surface area contributed by atoms with E-state index in [0.29, 0.717) is 12.5 Å². The molecule has 1 aliphatic heterocycles. The fourth-order valence-corrected chi connectivity index (χ4v) is 3.75. The maximum absolute atomic E-state index is 9.86. The molecule has 3 heteroatoms. The summed E-state index contributed by atoms with van der Waals surface area (Å²) in [5.41, 5.74) is 2.72. The lowest BCUT2D eigenvalue weighted by Crippen LogP contribution is -2.46. The molecule has 1 heterocycles. The van der Waals surface area contributed by atoms with Crippen molar-refractivity contribution in [2.24, 2.45) is 5.92 Å². The van der Waals surface area contributed by atoms with Gasteiger partial charge in [0.2, 0.25) is 5.79 Å². The third kappa shape index (κ3) is 3.64. The first-order chi connectivity index (χ1) is 12.2. The van der Waals surface area contributed by atoms with Crippen LogP contribution in [0.1, 0.15) is 49.8 Å². The van der Waals surface area contributed by atoms with Crippen LogP contribution in [-0.4, -0.2) is 17.8 Å². The van der Waals surface area contributed by atoms with Crippen LogP contribution in [0.2, 0.25) is 0 Å². The van der Waals surface area contributed by atoms with Gasteiger partial charge < -0.3 is 14.6 Å². The average Bonchev–Trinajstić information content (AvgIpc) is 2.69. The molecule has 0 amide bonds. The Hall–Kier alpha value is -1.68. The van der Waals surface area contributed by atoms with Crippen molar-refractivity contribution in [1.82, 2.24) is 0 Å². The molecule has 1 aliphatic rings. The van der Waals surface area contributed by atoms with E-state index < -0.39 is 5.79 Å². The number of hydrogen-bond donors (Lipinski definition) is 1. The molecule has 0 saturated carbocycles. The fraction of sp³-hybridized carbons (Fsp3) is 0.455. The zero-order valence-corrected chi connectivity index (χ0v) is 15.2. The van der Waals surface area contributed by atoms with Crippen molar-refractivity contribution < 1.29 is 14.6 Å². The summed E-state index contributed by atoms with van der Waals surface area (Å²) in [5, 5.41) is 9.86. The summed E-state index contributed by atoms with van der Waals surface area (Å²) >= 11 is 0. The lowest BCUT2D eigenvalue weighted by molar-refractivity contribution is -0.287. The molecular formula is C22H28O3. The molecule has 134 valence electrons. The third-order valence-corrected chi connectivity index (χ3v) is 5.10. The average molecular weight is 340 g/mol. The van der Waals surface area contributed by atoms with Crippen molar-refractivity contribution in [2.45, 2.75) is 51.6 Å². The van der Waals surface area contributed by atoms with Crippen molar-refractivity contribution in [3.8, 4) is 0 Å². The first-order valence-corrected chi connectivity index (χ1v) is 9.27. The van der Waals surface area contributed by atoms with Crippen LogP contribution in [0.5, 0.6) is 0 Å². The summed E-state index contributed by atoms with van der Waals surface area (Å²) in [6.07, 6.45) is 3.32. The monoisotopic (exact) mass is 340 g/mol. The van der Waals surface area contributed by atoms with Crippen LogP contribution < -0.4 is 0 Å². The van der Waals surface area contributed by atoms with E-state index in [1.165, 1.54) is 0 Å². The largest absolute Gasteiger partial charge is 0.392 e. The topological polar surface area (TPSA) is 38.7 Å². The number of rotatable bonds is 6. The molecule has 0 bridgehead atoms. The lowest BCUT2D eigenvalue weighted by Gasteiger charge is -2.44. The van der Waals surface area contributed by atoms with Crippen molar-refractivity contribution in [1.29, 1.82) is 0 Å². The molecule has 0 radical (unpaired) electrons. The molecule has 3 unspecified atom stereocenters. The smallest absolute Gasteiger partial charge is 0.222 e.